The van der Waals surface area contributed by atoms with Gasteiger partial charge < -0.3 is 19.8 Å². The molecule has 0 fully saturated rings. The van der Waals surface area contributed by atoms with Crippen molar-refractivity contribution in [3.05, 3.63) is 76.1 Å². The Morgan fingerprint density at radius 2 is 1.83 bits per heavy atom. The number of para-hydroxylation sites is 1. The minimum Gasteiger partial charge on any atom is -0.452 e. The SMILES string of the molecule is CCNC(=O)c1cccc(NC(=O)COC(=O)c2cc3ccccc3oc2=O)c1. The van der Waals surface area contributed by atoms with Crippen LogP contribution in [-0.4, -0.2) is 30.9 Å². The number of hydrogen-bond donors (Lipinski definition) is 2. The standard InChI is InChI=1S/C21H18N2O6/c1-2-22-19(25)14-7-5-8-15(10-14)23-18(24)12-28-20(26)16-11-13-6-3-4-9-17(13)29-21(16)27/h3-11H,2,12H2,1H3,(H,22,25)(H,23,24). The number of carbonyl (C=O) groups excluding carboxylic acids is 3. The third kappa shape index (κ3) is 4.86. The Morgan fingerprint density at radius 1 is 1.03 bits per heavy atom. The van der Waals surface area contributed by atoms with Gasteiger partial charge in [0.05, 0.1) is 0 Å². The molecule has 2 N–H and O–H groups in total. The molecule has 0 saturated heterocycles. The van der Waals surface area contributed by atoms with Gasteiger partial charge in [0.25, 0.3) is 11.8 Å². The molecular formula is C21H18N2O6. The lowest BCUT2D eigenvalue weighted by Crippen LogP contribution is -2.24. The van der Waals surface area contributed by atoms with E-state index in [1.54, 1.807) is 49.4 Å². The largest absolute Gasteiger partial charge is 0.452 e. The van der Waals surface area contributed by atoms with Crippen molar-refractivity contribution in [3.63, 3.8) is 0 Å². The second-order valence-electron chi connectivity index (χ2n) is 6.05. The molecule has 3 aromatic rings. The summed E-state index contributed by atoms with van der Waals surface area (Å²) < 4.78 is 9.99. The molecule has 0 radical (unpaired) electrons. The van der Waals surface area contributed by atoms with Gasteiger partial charge in [-0.3, -0.25) is 9.59 Å². The number of amides is 2. The molecule has 0 saturated carbocycles. The van der Waals surface area contributed by atoms with E-state index in [9.17, 15) is 19.2 Å². The zero-order valence-electron chi connectivity index (χ0n) is 15.6. The van der Waals surface area contributed by atoms with Gasteiger partial charge in [-0.15, -0.1) is 0 Å². The van der Waals surface area contributed by atoms with E-state index in [0.717, 1.165) is 0 Å². The van der Waals surface area contributed by atoms with Crippen LogP contribution >= 0.6 is 0 Å². The number of esters is 1. The highest BCUT2D eigenvalue weighted by molar-refractivity contribution is 5.98. The predicted octanol–water partition coefficient (Wildman–Crippen LogP) is 2.34. The molecule has 1 aromatic heterocycles. The Labute approximate surface area is 165 Å². The third-order valence-corrected chi connectivity index (χ3v) is 3.94. The van der Waals surface area contributed by atoms with Gasteiger partial charge in [-0.05, 0) is 37.3 Å². The highest BCUT2D eigenvalue weighted by Crippen LogP contribution is 2.13. The van der Waals surface area contributed by atoms with Crippen LogP contribution in [0.3, 0.4) is 0 Å². The van der Waals surface area contributed by atoms with Crippen LogP contribution in [0.4, 0.5) is 5.69 Å². The fraction of sp³-hybridized carbons (Fsp3) is 0.143. The number of rotatable bonds is 6. The first-order valence-corrected chi connectivity index (χ1v) is 8.86. The predicted molar refractivity (Wildman–Crippen MR) is 106 cm³/mol. The number of ether oxygens (including phenoxy) is 1. The summed E-state index contributed by atoms with van der Waals surface area (Å²) in [6, 6.07) is 14.4. The number of anilines is 1. The van der Waals surface area contributed by atoms with Crippen LogP contribution in [0.25, 0.3) is 11.0 Å². The Bertz CT molecular complexity index is 1140. The average molecular weight is 394 g/mol. The van der Waals surface area contributed by atoms with E-state index < -0.39 is 24.1 Å². The summed E-state index contributed by atoms with van der Waals surface area (Å²) in [5, 5.41) is 5.75. The van der Waals surface area contributed by atoms with Crippen LogP contribution in [0, 0.1) is 0 Å². The second-order valence-corrected chi connectivity index (χ2v) is 6.05. The molecular weight excluding hydrogens is 376 g/mol. The summed E-state index contributed by atoms with van der Waals surface area (Å²) in [6.07, 6.45) is 0. The van der Waals surface area contributed by atoms with Crippen LogP contribution in [0.15, 0.2) is 63.8 Å². The van der Waals surface area contributed by atoms with Crippen molar-refractivity contribution >= 4 is 34.4 Å². The topological polar surface area (TPSA) is 115 Å². The van der Waals surface area contributed by atoms with Gasteiger partial charge in [-0.2, -0.15) is 0 Å². The molecule has 2 aromatic carbocycles. The minimum atomic E-state index is -0.962. The number of hydrogen-bond acceptors (Lipinski definition) is 6. The molecule has 0 unspecified atom stereocenters. The quantitative estimate of drug-likeness (QED) is 0.490. The number of carbonyl (C=O) groups is 3. The molecule has 1 heterocycles. The lowest BCUT2D eigenvalue weighted by Gasteiger charge is -2.08. The van der Waals surface area contributed by atoms with Gasteiger partial charge in [0, 0.05) is 23.2 Å². The Morgan fingerprint density at radius 3 is 2.62 bits per heavy atom. The molecule has 8 nitrogen and oxygen atoms in total. The molecule has 29 heavy (non-hydrogen) atoms. The van der Waals surface area contributed by atoms with Gasteiger partial charge >= 0.3 is 11.6 Å². The first-order chi connectivity index (χ1) is 14.0. The summed E-state index contributed by atoms with van der Waals surface area (Å²) >= 11 is 0. The van der Waals surface area contributed by atoms with Crippen molar-refractivity contribution < 1.29 is 23.5 Å². The monoisotopic (exact) mass is 394 g/mol. The fourth-order valence-corrected chi connectivity index (χ4v) is 2.61. The van der Waals surface area contributed by atoms with Crippen LogP contribution in [0.5, 0.6) is 0 Å². The molecule has 0 aliphatic rings. The lowest BCUT2D eigenvalue weighted by atomic mass is 10.2. The summed E-state index contributed by atoms with van der Waals surface area (Å²) in [6.45, 7) is 1.68. The minimum absolute atomic E-state index is 0.266. The van der Waals surface area contributed by atoms with E-state index in [1.165, 1.54) is 12.1 Å². The highest BCUT2D eigenvalue weighted by Gasteiger charge is 2.17. The maximum atomic E-state index is 12.2. The van der Waals surface area contributed by atoms with Crippen molar-refractivity contribution in [2.75, 3.05) is 18.5 Å². The van der Waals surface area contributed by atoms with E-state index in [2.05, 4.69) is 10.6 Å². The average Bonchev–Trinajstić information content (AvgIpc) is 2.72. The van der Waals surface area contributed by atoms with Crippen LogP contribution < -0.4 is 16.3 Å². The fourth-order valence-electron chi connectivity index (χ4n) is 2.61. The maximum Gasteiger partial charge on any atom is 0.351 e. The zero-order chi connectivity index (χ0) is 20.8. The smallest absolute Gasteiger partial charge is 0.351 e. The molecule has 148 valence electrons. The van der Waals surface area contributed by atoms with Crippen molar-refractivity contribution in [3.8, 4) is 0 Å². The van der Waals surface area contributed by atoms with Crippen molar-refractivity contribution in [2.24, 2.45) is 0 Å². The first-order valence-electron chi connectivity index (χ1n) is 8.86. The molecule has 0 atom stereocenters. The summed E-state index contributed by atoms with van der Waals surface area (Å²) in [4.78, 5) is 48.0. The van der Waals surface area contributed by atoms with Crippen molar-refractivity contribution in [1.29, 1.82) is 0 Å². The Balaban J connectivity index is 1.63. The summed E-state index contributed by atoms with van der Waals surface area (Å²) in [5.41, 5.74) is -0.0345. The van der Waals surface area contributed by atoms with E-state index in [-0.39, 0.29) is 11.5 Å². The van der Waals surface area contributed by atoms with E-state index >= 15 is 0 Å². The van der Waals surface area contributed by atoms with Crippen LogP contribution in [-0.2, 0) is 9.53 Å². The maximum absolute atomic E-state index is 12.2. The van der Waals surface area contributed by atoms with E-state index in [0.29, 0.717) is 28.8 Å². The van der Waals surface area contributed by atoms with Gasteiger partial charge in [-0.25, -0.2) is 9.59 Å². The lowest BCUT2D eigenvalue weighted by molar-refractivity contribution is -0.119. The molecule has 0 aliphatic heterocycles. The second kappa shape index (κ2) is 8.83. The van der Waals surface area contributed by atoms with Crippen molar-refractivity contribution in [1.82, 2.24) is 5.32 Å². The van der Waals surface area contributed by atoms with Gasteiger partial charge in [-0.1, -0.05) is 24.3 Å². The molecule has 0 bridgehead atoms. The van der Waals surface area contributed by atoms with Crippen molar-refractivity contribution in [2.45, 2.75) is 6.92 Å². The molecule has 8 heteroatoms. The van der Waals surface area contributed by atoms with E-state index in [4.69, 9.17) is 9.15 Å². The van der Waals surface area contributed by atoms with Gasteiger partial charge in [0.1, 0.15) is 11.1 Å². The third-order valence-electron chi connectivity index (χ3n) is 3.94. The molecule has 0 spiro atoms. The number of benzene rings is 2. The Hall–Kier alpha value is -3.94. The number of nitrogens with one attached hydrogen (secondary N) is 2. The highest BCUT2D eigenvalue weighted by atomic mass is 16.5. The number of fused-ring (bicyclic) bond motifs is 1. The van der Waals surface area contributed by atoms with Gasteiger partial charge in [0.15, 0.2) is 6.61 Å². The molecule has 0 aliphatic carbocycles. The summed E-state index contributed by atoms with van der Waals surface area (Å²) in [5.74, 6) is -1.84. The zero-order valence-corrected chi connectivity index (χ0v) is 15.6. The normalized spacial score (nSPS) is 10.4. The molecule has 3 rings (SSSR count). The van der Waals surface area contributed by atoms with E-state index in [1.807, 2.05) is 0 Å². The van der Waals surface area contributed by atoms with Crippen LogP contribution in [0.2, 0.25) is 0 Å². The van der Waals surface area contributed by atoms with Crippen LogP contribution in [0.1, 0.15) is 27.6 Å². The molecule has 2 amide bonds. The van der Waals surface area contributed by atoms with Gasteiger partial charge in [0.2, 0.25) is 0 Å². The Kier molecular flexibility index (Phi) is 6.03. The summed E-state index contributed by atoms with van der Waals surface area (Å²) in [7, 11) is 0. The first kappa shape index (κ1) is 19.8.